The van der Waals surface area contributed by atoms with Crippen molar-refractivity contribution in [3.63, 3.8) is 0 Å². The average Bonchev–Trinajstić information content (AvgIpc) is 2.18. The van der Waals surface area contributed by atoms with Gasteiger partial charge in [0.1, 0.15) is 0 Å². The Morgan fingerprint density at radius 1 is 1.23 bits per heavy atom. The normalized spacial score (nSPS) is 10.5. The Balaban J connectivity index is 2.74. The van der Waals surface area contributed by atoms with Crippen LogP contribution in [0.4, 0.5) is 5.69 Å². The summed E-state index contributed by atoms with van der Waals surface area (Å²) in [6.45, 7) is 0. The van der Waals surface area contributed by atoms with Gasteiger partial charge in [-0.25, -0.2) is 4.98 Å². The fraction of sp³-hybridized carbons (Fsp3) is 0.100. The molecule has 0 spiro atoms. The molecule has 3 heteroatoms. The van der Waals surface area contributed by atoms with Crippen molar-refractivity contribution in [2.45, 2.75) is 5.03 Å². The number of pyridine rings is 1. The lowest BCUT2D eigenvalue weighted by Crippen LogP contribution is -1.89. The van der Waals surface area contributed by atoms with Crippen LogP contribution in [0.1, 0.15) is 0 Å². The zero-order chi connectivity index (χ0) is 9.26. The van der Waals surface area contributed by atoms with E-state index in [0.29, 0.717) is 0 Å². The van der Waals surface area contributed by atoms with Crippen LogP contribution in [0, 0.1) is 0 Å². The Morgan fingerprint density at radius 2 is 2.08 bits per heavy atom. The number of nitrogens with two attached hydrogens (primary N) is 1. The van der Waals surface area contributed by atoms with Crippen molar-refractivity contribution in [2.75, 3.05) is 12.0 Å². The molecule has 1 aromatic heterocycles. The number of benzene rings is 1. The third kappa shape index (κ3) is 1.47. The minimum Gasteiger partial charge on any atom is -0.397 e. The van der Waals surface area contributed by atoms with Gasteiger partial charge < -0.3 is 5.73 Å². The van der Waals surface area contributed by atoms with Gasteiger partial charge in [0.15, 0.2) is 0 Å². The number of rotatable bonds is 1. The summed E-state index contributed by atoms with van der Waals surface area (Å²) in [6, 6.07) is 9.89. The fourth-order valence-electron chi connectivity index (χ4n) is 1.27. The van der Waals surface area contributed by atoms with E-state index >= 15 is 0 Å². The van der Waals surface area contributed by atoms with Crippen LogP contribution in [-0.2, 0) is 0 Å². The summed E-state index contributed by atoms with van der Waals surface area (Å²) in [5, 5.41) is 2.10. The number of thioether (sulfide) groups is 1. The molecule has 0 unspecified atom stereocenters. The zero-order valence-electron chi connectivity index (χ0n) is 7.32. The minimum absolute atomic E-state index is 0.744. The highest BCUT2D eigenvalue weighted by Crippen LogP contribution is 2.21. The Bertz CT molecular complexity index is 440. The number of para-hydroxylation sites is 1. The van der Waals surface area contributed by atoms with Gasteiger partial charge in [0.25, 0.3) is 0 Å². The number of nitrogens with zero attached hydrogens (tertiary/aromatic N) is 1. The van der Waals surface area contributed by atoms with E-state index in [4.69, 9.17) is 5.73 Å². The maximum Gasteiger partial charge on any atom is 0.0965 e. The Kier molecular flexibility index (Phi) is 2.10. The molecule has 66 valence electrons. The third-order valence-corrected chi connectivity index (χ3v) is 2.58. The number of hydrogen-bond acceptors (Lipinski definition) is 3. The van der Waals surface area contributed by atoms with Crippen LogP contribution in [0.2, 0.25) is 0 Å². The molecule has 2 N–H and O–H groups in total. The SMILES string of the molecule is CSc1ccc2cccc(N)c2n1. The van der Waals surface area contributed by atoms with Crippen LogP contribution in [0.25, 0.3) is 10.9 Å². The molecule has 0 aliphatic carbocycles. The van der Waals surface area contributed by atoms with Crippen LogP contribution in [-0.4, -0.2) is 11.2 Å². The molecule has 1 aromatic carbocycles. The summed E-state index contributed by atoms with van der Waals surface area (Å²) in [7, 11) is 0. The van der Waals surface area contributed by atoms with Gasteiger partial charge in [-0.15, -0.1) is 11.8 Å². The lowest BCUT2D eigenvalue weighted by molar-refractivity contribution is 1.20. The molecule has 2 aromatic rings. The Hall–Kier alpha value is -1.22. The second-order valence-electron chi connectivity index (χ2n) is 2.77. The highest BCUT2D eigenvalue weighted by molar-refractivity contribution is 7.98. The summed E-state index contributed by atoms with van der Waals surface area (Å²) in [6.07, 6.45) is 2.01. The summed E-state index contributed by atoms with van der Waals surface area (Å²) < 4.78 is 0. The first-order valence-corrected chi connectivity index (χ1v) is 5.23. The molecule has 1 heterocycles. The average molecular weight is 190 g/mol. The first-order chi connectivity index (χ1) is 6.31. The monoisotopic (exact) mass is 190 g/mol. The van der Waals surface area contributed by atoms with Crippen LogP contribution < -0.4 is 5.73 Å². The van der Waals surface area contributed by atoms with Crippen molar-refractivity contribution < 1.29 is 0 Å². The van der Waals surface area contributed by atoms with Gasteiger partial charge in [-0.2, -0.15) is 0 Å². The number of fused-ring (bicyclic) bond motifs is 1. The molecule has 0 saturated heterocycles. The Labute approximate surface area is 81.2 Å². The molecule has 0 fully saturated rings. The van der Waals surface area contributed by atoms with Crippen molar-refractivity contribution in [1.29, 1.82) is 0 Å². The highest BCUT2D eigenvalue weighted by atomic mass is 32.2. The summed E-state index contributed by atoms with van der Waals surface area (Å²) in [5.41, 5.74) is 7.45. The van der Waals surface area contributed by atoms with Crippen molar-refractivity contribution >= 4 is 28.4 Å². The molecule has 0 bridgehead atoms. The van der Waals surface area contributed by atoms with Crippen LogP contribution in [0.3, 0.4) is 0 Å². The van der Waals surface area contributed by atoms with Gasteiger partial charge in [0.2, 0.25) is 0 Å². The molecule has 0 aliphatic rings. The first kappa shape index (κ1) is 8.38. The molecule has 0 saturated carbocycles. The van der Waals surface area contributed by atoms with Gasteiger partial charge in [-0.1, -0.05) is 18.2 Å². The zero-order valence-corrected chi connectivity index (χ0v) is 8.14. The van der Waals surface area contributed by atoms with Crippen LogP contribution in [0.5, 0.6) is 0 Å². The predicted octanol–water partition coefficient (Wildman–Crippen LogP) is 2.54. The molecule has 0 atom stereocenters. The standard InChI is InChI=1S/C10H10N2S/c1-13-9-6-5-7-3-2-4-8(11)10(7)12-9/h2-6H,11H2,1H3. The van der Waals surface area contributed by atoms with Gasteiger partial charge in [-0.3, -0.25) is 0 Å². The van der Waals surface area contributed by atoms with Crippen molar-refractivity contribution in [2.24, 2.45) is 0 Å². The lowest BCUT2D eigenvalue weighted by Gasteiger charge is -2.02. The first-order valence-electron chi connectivity index (χ1n) is 4.00. The highest BCUT2D eigenvalue weighted by Gasteiger charge is 1.99. The number of hydrogen-bond donors (Lipinski definition) is 1. The van der Waals surface area contributed by atoms with Gasteiger partial charge >= 0.3 is 0 Å². The Morgan fingerprint density at radius 3 is 2.85 bits per heavy atom. The van der Waals surface area contributed by atoms with Crippen molar-refractivity contribution in [3.05, 3.63) is 30.3 Å². The summed E-state index contributed by atoms with van der Waals surface area (Å²) >= 11 is 1.63. The van der Waals surface area contributed by atoms with Gasteiger partial charge in [0, 0.05) is 5.39 Å². The predicted molar refractivity (Wildman–Crippen MR) is 57.9 cm³/mol. The van der Waals surface area contributed by atoms with E-state index in [9.17, 15) is 0 Å². The maximum atomic E-state index is 5.81. The minimum atomic E-state index is 0.744. The smallest absolute Gasteiger partial charge is 0.0965 e. The van der Waals surface area contributed by atoms with E-state index in [-0.39, 0.29) is 0 Å². The largest absolute Gasteiger partial charge is 0.397 e. The topological polar surface area (TPSA) is 38.9 Å². The number of anilines is 1. The quantitative estimate of drug-likeness (QED) is 0.554. The van der Waals surface area contributed by atoms with E-state index in [2.05, 4.69) is 4.98 Å². The second-order valence-corrected chi connectivity index (χ2v) is 3.60. The number of aromatic nitrogens is 1. The third-order valence-electron chi connectivity index (χ3n) is 1.94. The van der Waals surface area contributed by atoms with E-state index in [1.807, 2.05) is 36.6 Å². The molecular weight excluding hydrogens is 180 g/mol. The molecule has 2 nitrogen and oxygen atoms in total. The summed E-state index contributed by atoms with van der Waals surface area (Å²) in [4.78, 5) is 4.43. The second kappa shape index (κ2) is 3.26. The van der Waals surface area contributed by atoms with Crippen molar-refractivity contribution in [3.8, 4) is 0 Å². The van der Waals surface area contributed by atoms with Gasteiger partial charge in [0.05, 0.1) is 16.2 Å². The lowest BCUT2D eigenvalue weighted by atomic mass is 10.2. The van der Waals surface area contributed by atoms with Gasteiger partial charge in [-0.05, 0) is 18.4 Å². The molecule has 2 rings (SSSR count). The molecule has 0 radical (unpaired) electrons. The van der Waals surface area contributed by atoms with E-state index in [1.54, 1.807) is 11.8 Å². The molecule has 0 amide bonds. The molecule has 0 aliphatic heterocycles. The van der Waals surface area contributed by atoms with E-state index < -0.39 is 0 Å². The van der Waals surface area contributed by atoms with E-state index in [1.165, 1.54) is 0 Å². The van der Waals surface area contributed by atoms with Crippen LogP contribution >= 0.6 is 11.8 Å². The van der Waals surface area contributed by atoms with E-state index in [0.717, 1.165) is 21.6 Å². The maximum absolute atomic E-state index is 5.81. The fourth-order valence-corrected chi connectivity index (χ4v) is 1.65. The molecule has 13 heavy (non-hydrogen) atoms. The summed E-state index contributed by atoms with van der Waals surface area (Å²) in [5.74, 6) is 0. The molecular formula is C10H10N2S. The van der Waals surface area contributed by atoms with Crippen molar-refractivity contribution in [1.82, 2.24) is 4.98 Å². The van der Waals surface area contributed by atoms with Crippen LogP contribution in [0.15, 0.2) is 35.4 Å². The number of nitrogen functional groups attached to an aromatic ring is 1.